The van der Waals surface area contributed by atoms with E-state index in [0.717, 1.165) is 30.6 Å². The molecule has 0 bridgehead atoms. The Labute approximate surface area is 169 Å². The zero-order valence-electron chi connectivity index (χ0n) is 15.3. The normalized spacial score (nSPS) is 18.2. The molecule has 2 N–H and O–H groups in total. The third-order valence-corrected chi connectivity index (χ3v) is 5.11. The van der Waals surface area contributed by atoms with Gasteiger partial charge in [-0.05, 0) is 29.8 Å². The van der Waals surface area contributed by atoms with Gasteiger partial charge in [-0.1, -0.05) is 12.1 Å². The Bertz CT molecular complexity index is 1360. The van der Waals surface area contributed by atoms with Crippen molar-refractivity contribution in [1.29, 1.82) is 0 Å². The SMILES string of the molecule is O=c1[nH]nc2c3c(cc(F)cc13)NC(c1ccc(F)cc1)C2n1ncnc1C(F)(F)F. The number of halogens is 5. The van der Waals surface area contributed by atoms with E-state index in [-0.39, 0.29) is 22.2 Å². The standard InChI is InChI=1S/C19H11F5N6O/c20-9-3-1-8(2-4-9)14-16(30-18(19(22,23)24)25-7-26-30)15-13-11(17(31)29-28-15)5-10(21)6-12(13)27-14/h1-7,14,16,27H,(H,29,31). The van der Waals surface area contributed by atoms with Gasteiger partial charge in [0, 0.05) is 11.1 Å². The van der Waals surface area contributed by atoms with Gasteiger partial charge in [-0.2, -0.15) is 23.4 Å². The average Bonchev–Trinajstić information content (AvgIpc) is 3.20. The van der Waals surface area contributed by atoms with Crippen molar-refractivity contribution >= 4 is 16.5 Å². The topological polar surface area (TPSA) is 88.5 Å². The fourth-order valence-electron chi connectivity index (χ4n) is 3.87. The number of nitrogens with one attached hydrogen (secondary N) is 2. The lowest BCUT2D eigenvalue weighted by Crippen LogP contribution is -2.34. The van der Waals surface area contributed by atoms with Gasteiger partial charge in [0.2, 0.25) is 5.82 Å². The summed E-state index contributed by atoms with van der Waals surface area (Å²) in [6.07, 6.45) is -4.07. The molecule has 3 heterocycles. The van der Waals surface area contributed by atoms with Gasteiger partial charge in [-0.3, -0.25) is 4.79 Å². The van der Waals surface area contributed by atoms with Crippen LogP contribution in [0.5, 0.6) is 0 Å². The van der Waals surface area contributed by atoms with Crippen molar-refractivity contribution in [3.05, 3.63) is 81.8 Å². The number of H-pyrrole nitrogens is 1. The van der Waals surface area contributed by atoms with E-state index in [1.165, 1.54) is 12.1 Å². The summed E-state index contributed by atoms with van der Waals surface area (Å²) in [5.41, 5.74) is -0.0995. The smallest absolute Gasteiger partial charge is 0.375 e. The lowest BCUT2D eigenvalue weighted by Gasteiger charge is -2.34. The highest BCUT2D eigenvalue weighted by Gasteiger charge is 2.43. The minimum Gasteiger partial charge on any atom is -0.375 e. The Balaban J connectivity index is 1.83. The molecule has 31 heavy (non-hydrogen) atoms. The van der Waals surface area contributed by atoms with Crippen molar-refractivity contribution in [3.8, 4) is 0 Å². The summed E-state index contributed by atoms with van der Waals surface area (Å²) < 4.78 is 69.1. The predicted octanol–water partition coefficient (Wildman–Crippen LogP) is 3.57. The summed E-state index contributed by atoms with van der Waals surface area (Å²) in [4.78, 5) is 15.6. The third kappa shape index (κ3) is 3.02. The molecule has 0 radical (unpaired) electrons. The molecular weight excluding hydrogens is 423 g/mol. The molecule has 158 valence electrons. The quantitative estimate of drug-likeness (QED) is 0.471. The lowest BCUT2D eigenvalue weighted by atomic mass is 9.89. The molecule has 1 aliphatic heterocycles. The molecule has 12 heteroatoms. The second-order valence-corrected chi connectivity index (χ2v) is 6.96. The Kier molecular flexibility index (Phi) is 4.07. The minimum absolute atomic E-state index is 0.0358. The highest BCUT2D eigenvalue weighted by Crippen LogP contribution is 2.45. The Morgan fingerprint density at radius 3 is 2.48 bits per heavy atom. The highest BCUT2D eigenvalue weighted by atomic mass is 19.4. The molecule has 0 saturated heterocycles. The number of anilines is 1. The van der Waals surface area contributed by atoms with Gasteiger partial charge >= 0.3 is 6.18 Å². The van der Waals surface area contributed by atoms with Gasteiger partial charge in [-0.15, -0.1) is 0 Å². The maximum absolute atomic E-state index is 14.2. The molecule has 0 fully saturated rings. The van der Waals surface area contributed by atoms with Crippen molar-refractivity contribution < 1.29 is 22.0 Å². The monoisotopic (exact) mass is 434 g/mol. The van der Waals surface area contributed by atoms with Crippen LogP contribution in [0.3, 0.4) is 0 Å². The van der Waals surface area contributed by atoms with E-state index in [1.807, 2.05) is 0 Å². The summed E-state index contributed by atoms with van der Waals surface area (Å²) in [6.45, 7) is 0. The summed E-state index contributed by atoms with van der Waals surface area (Å²) in [7, 11) is 0. The third-order valence-electron chi connectivity index (χ3n) is 5.11. The summed E-state index contributed by atoms with van der Waals surface area (Å²) in [6, 6.07) is 4.97. The van der Waals surface area contributed by atoms with Crippen LogP contribution < -0.4 is 10.9 Å². The van der Waals surface area contributed by atoms with Crippen molar-refractivity contribution in [2.24, 2.45) is 0 Å². The molecular formula is C19H11F5N6O. The van der Waals surface area contributed by atoms with E-state index < -0.39 is 41.3 Å². The molecule has 1 aliphatic rings. The fraction of sp³-hybridized carbons (Fsp3) is 0.158. The average molecular weight is 434 g/mol. The molecule has 5 rings (SSSR count). The van der Waals surface area contributed by atoms with E-state index in [0.29, 0.717) is 10.2 Å². The largest absolute Gasteiger partial charge is 0.451 e. The van der Waals surface area contributed by atoms with Crippen LogP contribution in [-0.4, -0.2) is 25.0 Å². The zero-order valence-corrected chi connectivity index (χ0v) is 15.3. The molecule has 2 aromatic heterocycles. The van der Waals surface area contributed by atoms with E-state index in [9.17, 15) is 26.7 Å². The van der Waals surface area contributed by atoms with Crippen molar-refractivity contribution in [2.45, 2.75) is 18.3 Å². The summed E-state index contributed by atoms with van der Waals surface area (Å²) in [5.74, 6) is -2.53. The first-order chi connectivity index (χ1) is 14.7. The van der Waals surface area contributed by atoms with E-state index in [2.05, 4.69) is 25.6 Å². The Hall–Kier alpha value is -3.83. The van der Waals surface area contributed by atoms with Gasteiger partial charge in [0.15, 0.2) is 0 Å². The predicted molar refractivity (Wildman–Crippen MR) is 98.2 cm³/mol. The number of aromatic nitrogens is 5. The first kappa shape index (κ1) is 19.2. The maximum atomic E-state index is 14.2. The first-order valence-corrected chi connectivity index (χ1v) is 8.94. The Morgan fingerprint density at radius 2 is 1.77 bits per heavy atom. The van der Waals surface area contributed by atoms with Gasteiger partial charge in [0.25, 0.3) is 5.56 Å². The first-order valence-electron chi connectivity index (χ1n) is 8.94. The number of nitrogens with zero attached hydrogens (tertiary/aromatic N) is 4. The number of benzene rings is 2. The fourth-order valence-corrected chi connectivity index (χ4v) is 3.87. The number of rotatable bonds is 2. The summed E-state index contributed by atoms with van der Waals surface area (Å²) in [5, 5.41) is 13.0. The molecule has 2 aromatic carbocycles. The number of hydrogen-bond donors (Lipinski definition) is 2. The molecule has 2 unspecified atom stereocenters. The van der Waals surface area contributed by atoms with Crippen LogP contribution in [0.4, 0.5) is 27.6 Å². The zero-order chi connectivity index (χ0) is 21.9. The van der Waals surface area contributed by atoms with Crippen molar-refractivity contribution in [1.82, 2.24) is 25.0 Å². The van der Waals surface area contributed by atoms with E-state index in [1.54, 1.807) is 0 Å². The second-order valence-electron chi connectivity index (χ2n) is 6.96. The van der Waals surface area contributed by atoms with Crippen LogP contribution in [0, 0.1) is 11.6 Å². The highest BCUT2D eigenvalue weighted by molar-refractivity contribution is 5.97. The van der Waals surface area contributed by atoms with Crippen LogP contribution in [-0.2, 0) is 6.18 Å². The van der Waals surface area contributed by atoms with Crippen LogP contribution in [0.25, 0.3) is 10.8 Å². The van der Waals surface area contributed by atoms with Crippen LogP contribution in [0.15, 0.2) is 47.5 Å². The second kappa shape index (κ2) is 6.59. The minimum atomic E-state index is -4.83. The van der Waals surface area contributed by atoms with E-state index >= 15 is 0 Å². The number of alkyl halides is 3. The van der Waals surface area contributed by atoms with Gasteiger partial charge in [0.1, 0.15) is 24.0 Å². The number of aromatic amines is 1. The Morgan fingerprint density at radius 1 is 1.03 bits per heavy atom. The molecule has 2 atom stereocenters. The van der Waals surface area contributed by atoms with Gasteiger partial charge < -0.3 is 5.32 Å². The summed E-state index contributed by atoms with van der Waals surface area (Å²) >= 11 is 0. The molecule has 0 aliphatic carbocycles. The van der Waals surface area contributed by atoms with Crippen LogP contribution >= 0.6 is 0 Å². The molecule has 0 spiro atoms. The lowest BCUT2D eigenvalue weighted by molar-refractivity contribution is -0.148. The van der Waals surface area contributed by atoms with E-state index in [4.69, 9.17) is 0 Å². The van der Waals surface area contributed by atoms with Crippen LogP contribution in [0.1, 0.15) is 29.2 Å². The van der Waals surface area contributed by atoms with Crippen LogP contribution in [0.2, 0.25) is 0 Å². The molecule has 0 saturated carbocycles. The molecule has 0 amide bonds. The van der Waals surface area contributed by atoms with Gasteiger partial charge in [0.05, 0.1) is 17.1 Å². The number of hydrogen-bond acceptors (Lipinski definition) is 5. The molecule has 4 aromatic rings. The maximum Gasteiger partial charge on any atom is 0.451 e. The van der Waals surface area contributed by atoms with Gasteiger partial charge in [-0.25, -0.2) is 23.5 Å². The van der Waals surface area contributed by atoms with Crippen molar-refractivity contribution in [2.75, 3.05) is 5.32 Å². The molecule has 7 nitrogen and oxygen atoms in total. The van der Waals surface area contributed by atoms with Crippen molar-refractivity contribution in [3.63, 3.8) is 0 Å².